The van der Waals surface area contributed by atoms with E-state index in [1.807, 2.05) is 95.5 Å². The summed E-state index contributed by atoms with van der Waals surface area (Å²) in [6, 6.07) is 36.8. The van der Waals surface area contributed by atoms with Crippen LogP contribution < -0.4 is 19.2 Å². The molecule has 0 spiro atoms. The van der Waals surface area contributed by atoms with Crippen molar-refractivity contribution in [2.45, 2.75) is 6.92 Å². The van der Waals surface area contributed by atoms with E-state index in [2.05, 4.69) is 55.5 Å². The summed E-state index contributed by atoms with van der Waals surface area (Å²) in [5.41, 5.74) is 4.66. The van der Waals surface area contributed by atoms with Crippen LogP contribution in [0.3, 0.4) is 0 Å². The summed E-state index contributed by atoms with van der Waals surface area (Å²) in [6.07, 6.45) is 5.95. The van der Waals surface area contributed by atoms with Crippen molar-refractivity contribution in [1.29, 1.82) is 0 Å². The number of hydrogen-bond acceptors (Lipinski definition) is 2. The average molecular weight is 446 g/mol. The summed E-state index contributed by atoms with van der Waals surface area (Å²) in [5, 5.41) is 0. The molecule has 2 heterocycles. The normalized spacial score (nSPS) is 13.1. The molecule has 4 nitrogen and oxygen atoms in total. The molecule has 0 fully saturated rings. The van der Waals surface area contributed by atoms with E-state index in [-0.39, 0.29) is 0 Å². The highest BCUT2D eigenvalue weighted by molar-refractivity contribution is 6.75. The van der Waals surface area contributed by atoms with Gasteiger partial charge in [0.25, 0.3) is 0 Å². The molecule has 0 N–H and O–H groups in total. The molecule has 5 aromatic rings. The summed E-state index contributed by atoms with van der Waals surface area (Å²) >= 11 is 0. The third-order valence-corrected chi connectivity index (χ3v) is 5.98. The monoisotopic (exact) mass is 446 g/mol. The maximum absolute atomic E-state index is 6.42. The zero-order valence-corrected chi connectivity index (χ0v) is 19.4. The van der Waals surface area contributed by atoms with Crippen LogP contribution in [0.25, 0.3) is 11.1 Å². The first kappa shape index (κ1) is 21.6. The zero-order chi connectivity index (χ0) is 23.4. The van der Waals surface area contributed by atoms with Gasteiger partial charge >= 0.3 is 6.69 Å². The summed E-state index contributed by atoms with van der Waals surface area (Å²) in [4.78, 5) is 0. The number of aromatic nitrogens is 2. The Kier molecular flexibility index (Phi) is 5.92. The predicted molar refractivity (Wildman–Crippen MR) is 137 cm³/mol. The van der Waals surface area contributed by atoms with E-state index < -0.39 is 6.69 Å². The Hall–Kier alpha value is -4.25. The van der Waals surface area contributed by atoms with Crippen molar-refractivity contribution in [2.75, 3.05) is 0 Å². The Morgan fingerprint density at radius 3 is 1.68 bits per heavy atom. The molecule has 1 aliphatic rings. The smallest absolute Gasteiger partial charge is 0.591 e. The van der Waals surface area contributed by atoms with Crippen molar-refractivity contribution in [3.05, 3.63) is 133 Å². The number of nitrogens with zero attached hydrogens (tertiary/aromatic N) is 2. The van der Waals surface area contributed by atoms with Crippen molar-refractivity contribution >= 4 is 12.1 Å². The highest BCUT2D eigenvalue weighted by Gasteiger charge is 2.47. The summed E-state index contributed by atoms with van der Waals surface area (Å²) in [5.74, 6) is 1.53. The van der Waals surface area contributed by atoms with Crippen LogP contribution in [-0.2, 0) is 7.05 Å². The summed E-state index contributed by atoms with van der Waals surface area (Å²) in [7, 11) is 1.99. The maximum atomic E-state index is 6.42. The number of aryl methyl sites for hydroxylation is 2. The van der Waals surface area contributed by atoms with E-state index in [9.17, 15) is 0 Å². The van der Waals surface area contributed by atoms with Gasteiger partial charge in [-0.1, -0.05) is 108 Å². The van der Waals surface area contributed by atoms with Crippen LogP contribution >= 0.6 is 0 Å². The first-order valence-corrected chi connectivity index (χ1v) is 11.5. The van der Waals surface area contributed by atoms with Crippen LogP contribution in [0, 0.1) is 6.92 Å². The van der Waals surface area contributed by atoms with E-state index >= 15 is 0 Å². The van der Waals surface area contributed by atoms with Crippen LogP contribution in [0.2, 0.25) is 0 Å². The molecular formula is C29H27BN2O2. The minimum absolute atomic E-state index is 0.765. The van der Waals surface area contributed by atoms with Gasteiger partial charge < -0.3 is 13.8 Å². The lowest BCUT2D eigenvalue weighted by molar-refractivity contribution is -0.565. The number of fused-ring (bicyclic) bond motifs is 1. The molecule has 0 aliphatic carbocycles. The highest BCUT2D eigenvalue weighted by atomic mass is 16.7. The van der Waals surface area contributed by atoms with Gasteiger partial charge in [-0.15, -0.1) is 0 Å². The molecule has 0 bridgehead atoms. The number of rotatable bonds is 3. The lowest BCUT2D eigenvalue weighted by atomic mass is 9.63. The topological polar surface area (TPSA) is 27.3 Å². The van der Waals surface area contributed by atoms with Gasteiger partial charge in [0.2, 0.25) is 6.33 Å². The van der Waals surface area contributed by atoms with Crippen LogP contribution in [0.5, 0.6) is 11.5 Å². The molecule has 1 aromatic heterocycles. The Morgan fingerprint density at radius 1 is 0.647 bits per heavy atom. The van der Waals surface area contributed by atoms with E-state index in [4.69, 9.17) is 9.31 Å². The van der Waals surface area contributed by atoms with Gasteiger partial charge in [-0.25, -0.2) is 4.57 Å². The minimum Gasteiger partial charge on any atom is -0.639 e. The van der Waals surface area contributed by atoms with Crippen LogP contribution in [-0.4, -0.2) is 11.3 Å². The lowest BCUT2D eigenvalue weighted by Crippen LogP contribution is -2.77. The fraction of sp³-hybridized carbons (Fsp3) is 0.0690. The van der Waals surface area contributed by atoms with Crippen molar-refractivity contribution in [3.8, 4) is 22.6 Å². The molecule has 6 rings (SSSR count). The van der Waals surface area contributed by atoms with Gasteiger partial charge in [0.15, 0.2) is 0 Å². The minimum atomic E-state index is -1.88. The zero-order valence-electron chi connectivity index (χ0n) is 19.4. The second-order valence-corrected chi connectivity index (χ2v) is 8.52. The number of benzene rings is 4. The number of para-hydroxylation sites is 2. The Balaban J connectivity index is 0.000000297. The van der Waals surface area contributed by atoms with Crippen LogP contribution in [0.4, 0.5) is 0 Å². The molecule has 168 valence electrons. The van der Waals surface area contributed by atoms with E-state index in [0.29, 0.717) is 0 Å². The van der Waals surface area contributed by atoms with E-state index in [1.165, 1.54) is 16.7 Å². The summed E-state index contributed by atoms with van der Waals surface area (Å²) < 4.78 is 16.8. The quantitative estimate of drug-likeness (QED) is 0.359. The summed E-state index contributed by atoms with van der Waals surface area (Å²) in [6.45, 7) is 0.199. The van der Waals surface area contributed by atoms with Gasteiger partial charge in [-0.2, -0.15) is 0 Å². The van der Waals surface area contributed by atoms with Gasteiger partial charge in [0.05, 0.1) is 13.2 Å². The second-order valence-electron chi connectivity index (χ2n) is 8.52. The Morgan fingerprint density at radius 2 is 1.18 bits per heavy atom. The molecule has 5 heteroatoms. The molecule has 34 heavy (non-hydrogen) atoms. The Bertz CT molecular complexity index is 1340. The highest BCUT2D eigenvalue weighted by Crippen LogP contribution is 2.35. The van der Waals surface area contributed by atoms with Gasteiger partial charge in [0, 0.05) is 0 Å². The molecule has 0 radical (unpaired) electrons. The van der Waals surface area contributed by atoms with Gasteiger partial charge in [-0.3, -0.25) is 0 Å². The van der Waals surface area contributed by atoms with Crippen molar-refractivity contribution in [3.63, 3.8) is 0 Å². The van der Waals surface area contributed by atoms with E-state index in [0.717, 1.165) is 17.0 Å². The van der Waals surface area contributed by atoms with Crippen LogP contribution in [0.1, 0.15) is 5.56 Å². The fourth-order valence-corrected chi connectivity index (χ4v) is 4.20. The predicted octanol–water partition coefficient (Wildman–Crippen LogP) is 5.14. The van der Waals surface area contributed by atoms with Gasteiger partial charge in [-0.05, 0) is 30.2 Å². The van der Waals surface area contributed by atoms with E-state index in [1.54, 1.807) is 0 Å². The van der Waals surface area contributed by atoms with Crippen molar-refractivity contribution in [2.24, 2.45) is 7.05 Å². The molecule has 0 saturated carbocycles. The first-order chi connectivity index (χ1) is 16.6. The molecule has 0 atom stereocenters. The van der Waals surface area contributed by atoms with Crippen molar-refractivity contribution < 1.29 is 13.8 Å². The van der Waals surface area contributed by atoms with Crippen molar-refractivity contribution in [1.82, 2.24) is 4.57 Å². The van der Waals surface area contributed by atoms with Crippen LogP contribution in [0.15, 0.2) is 128 Å². The number of hydrogen-bond donors (Lipinski definition) is 0. The number of imidazole rings is 1. The Labute approximate surface area is 200 Å². The SMILES string of the molecule is Cc1ccccc1.Cn1cc[n+]([B-]2(c3ccc(-c4ccccc4)cc3)Oc3ccccc3O2)c1. The maximum Gasteiger partial charge on any atom is 0.591 e. The molecule has 4 aromatic carbocycles. The third kappa shape index (κ3) is 4.33. The second kappa shape index (κ2) is 9.32. The molecule has 1 aliphatic heterocycles. The van der Waals surface area contributed by atoms with Gasteiger partial charge in [0.1, 0.15) is 17.7 Å². The lowest BCUT2D eigenvalue weighted by Gasteiger charge is -2.31. The average Bonchev–Trinajstić information content (AvgIpc) is 3.50. The third-order valence-electron chi connectivity index (χ3n) is 5.98. The molecule has 0 saturated heterocycles. The molecular weight excluding hydrogens is 419 g/mol. The molecule has 0 amide bonds. The largest absolute Gasteiger partial charge is 0.639 e. The standard InChI is InChI=1S/C22H19BN2O2.C7H8/c1-24-15-16-25(17-24)23(26-21-9-5-6-10-22(21)27-23)20-13-11-19(12-14-20)18-7-3-2-4-8-18;1-7-5-3-2-4-6-7/h2-17H,1H3;2-6H,1H3. The first-order valence-electron chi connectivity index (χ1n) is 11.5. The molecule has 0 unspecified atom stereocenters. The fourth-order valence-electron chi connectivity index (χ4n) is 4.20.